The molecule has 231 valence electrons. The van der Waals surface area contributed by atoms with Crippen LogP contribution in [0.4, 0.5) is 5.69 Å². The van der Waals surface area contributed by atoms with Gasteiger partial charge in [0.05, 0.1) is 0 Å². The van der Waals surface area contributed by atoms with E-state index in [1.165, 1.54) is 25.7 Å². The number of hydrogen-bond donors (Lipinski definition) is 4. The third-order valence-electron chi connectivity index (χ3n) is 10.2. The zero-order chi connectivity index (χ0) is 31.5. The van der Waals surface area contributed by atoms with Crippen molar-refractivity contribution in [3.8, 4) is 5.75 Å². The van der Waals surface area contributed by atoms with Crippen molar-refractivity contribution in [1.29, 1.82) is 0 Å². The molecule has 9 nitrogen and oxygen atoms in total. The molecule has 11 heteroatoms. The molecule has 5 N–H and O–H groups in total. The van der Waals surface area contributed by atoms with Crippen molar-refractivity contribution >= 4 is 45.3 Å². The summed E-state index contributed by atoms with van der Waals surface area (Å²) < 4.78 is 0. The molecule has 2 fully saturated rings. The molecule has 1 saturated carbocycles. The summed E-state index contributed by atoms with van der Waals surface area (Å²) in [4.78, 5) is 33.0. The van der Waals surface area contributed by atoms with Crippen LogP contribution in [0.1, 0.15) is 55.7 Å². The Hall–Kier alpha value is -2.68. The number of piperidine rings is 1. The second-order valence-corrected chi connectivity index (χ2v) is 14.2. The first-order valence-corrected chi connectivity index (χ1v) is 15.9. The van der Waals surface area contributed by atoms with E-state index in [-0.39, 0.29) is 45.4 Å². The van der Waals surface area contributed by atoms with E-state index >= 15 is 0 Å². The van der Waals surface area contributed by atoms with Crippen molar-refractivity contribution in [2.24, 2.45) is 23.5 Å². The maximum absolute atomic E-state index is 14.4. The molecule has 1 amide bonds. The Bertz CT molecular complexity index is 1430. The van der Waals surface area contributed by atoms with Crippen LogP contribution in [0.2, 0.25) is 0 Å². The molecule has 1 saturated heterocycles. The summed E-state index contributed by atoms with van der Waals surface area (Å²) in [7, 11) is 16.5. The first kappa shape index (κ1) is 31.7. The molecule has 0 spiro atoms. The fourth-order valence-corrected chi connectivity index (χ4v) is 8.91. The number of hydrogen-bond acceptors (Lipinski definition) is 8. The van der Waals surface area contributed by atoms with E-state index in [1.54, 1.807) is 25.1 Å². The van der Waals surface area contributed by atoms with Crippen LogP contribution in [-0.2, 0) is 22.6 Å². The average Bonchev–Trinajstić information content (AvgIpc) is 2.91. The number of ketones is 1. The topological polar surface area (TPSA) is 131 Å². The van der Waals surface area contributed by atoms with Gasteiger partial charge in [0.1, 0.15) is 0 Å². The summed E-state index contributed by atoms with van der Waals surface area (Å²) in [5.74, 6) is -2.03. The molecule has 0 aromatic heterocycles. The Morgan fingerprint density at radius 2 is 1.84 bits per heavy atom. The van der Waals surface area contributed by atoms with Gasteiger partial charge in [-0.15, -0.1) is 0 Å². The zero-order valence-electron chi connectivity index (χ0n) is 26.0. The summed E-state index contributed by atoms with van der Waals surface area (Å²) in [5.41, 5.74) is 8.46. The molecule has 1 aliphatic heterocycles. The number of aliphatic hydroxyl groups is 2. The number of allylic oxidation sites excluding steroid dienone is 1. The van der Waals surface area contributed by atoms with Crippen LogP contribution in [-0.4, -0.2) is 102 Å². The number of fused-ring (bicyclic) bond motifs is 3. The predicted octanol–water partition coefficient (Wildman–Crippen LogP) is 2.70. The second kappa shape index (κ2) is 11.7. The first-order valence-electron chi connectivity index (χ1n) is 15.3. The number of Topliss-reactive ketones (excluding diaryl/α,β-unsaturated/α-hetero) is 1. The van der Waals surface area contributed by atoms with E-state index in [0.717, 1.165) is 35.8 Å². The normalized spacial score (nSPS) is 28.2. The van der Waals surface area contributed by atoms with Crippen molar-refractivity contribution < 1.29 is 24.9 Å². The number of carbonyl (C=O) groups excluding carboxylic acids is 2. The van der Waals surface area contributed by atoms with Gasteiger partial charge in [-0.05, 0) is 18.8 Å². The van der Waals surface area contributed by atoms with E-state index in [9.17, 15) is 24.9 Å². The number of aliphatic hydroxyl groups excluding tert-OH is 2. The fraction of sp³-hybridized carbons (Fsp3) is 0.594. The number of phenolic OH excluding ortho intramolecular Hbond substituents is 1. The molecule has 1 radical (unpaired) electrons. The van der Waals surface area contributed by atoms with Gasteiger partial charge in [-0.25, -0.2) is 0 Å². The van der Waals surface area contributed by atoms with Gasteiger partial charge in [0, 0.05) is 0 Å². The second-order valence-electron chi connectivity index (χ2n) is 13.3. The number of benzene rings is 1. The van der Waals surface area contributed by atoms with Crippen LogP contribution in [0.3, 0.4) is 0 Å². The van der Waals surface area contributed by atoms with Gasteiger partial charge in [0.15, 0.2) is 0 Å². The van der Waals surface area contributed by atoms with E-state index in [0.29, 0.717) is 19.4 Å². The average molecular weight is 608 g/mol. The van der Waals surface area contributed by atoms with Gasteiger partial charge in [-0.1, -0.05) is 19.8 Å². The van der Waals surface area contributed by atoms with Crippen molar-refractivity contribution in [2.75, 3.05) is 46.2 Å². The van der Waals surface area contributed by atoms with Gasteiger partial charge >= 0.3 is 220 Å². The molecule has 43 heavy (non-hydrogen) atoms. The number of nitrogens with two attached hydrogens (primary N) is 1. The number of nitrogens with zero attached hydrogens (tertiary/aromatic N) is 3. The number of likely N-dealkylation sites (N-methyl/N-ethyl adjacent to an activating group) is 1. The molecule has 5 rings (SSSR count). The van der Waals surface area contributed by atoms with Gasteiger partial charge in [-0.2, -0.15) is 0 Å². The van der Waals surface area contributed by atoms with E-state index in [2.05, 4.69) is 21.1 Å². The van der Waals surface area contributed by atoms with Crippen LogP contribution >= 0.6 is 9.24 Å². The van der Waals surface area contributed by atoms with Crippen LogP contribution in [0.25, 0.3) is 5.76 Å². The third kappa shape index (κ3) is 5.03. The van der Waals surface area contributed by atoms with Gasteiger partial charge in [-0.3, -0.25) is 0 Å². The van der Waals surface area contributed by atoms with E-state index < -0.39 is 28.8 Å². The Balaban J connectivity index is 1.59. The van der Waals surface area contributed by atoms with E-state index in [1.807, 2.05) is 19.0 Å². The quantitative estimate of drug-likeness (QED) is 0.275. The molecule has 1 heterocycles. The number of primary amides is 1. The molecule has 1 aromatic carbocycles. The molecular weight excluding hydrogens is 562 g/mol. The number of likely N-dealkylation sites (tertiary alicyclic amines) is 1. The maximum atomic E-state index is 14.4. The SMILES string of the molecule is [B]=C1C(C(N)=O)=C(O)[C@@H](N(C)C)[C@@H]2C[C@@H]3Cc4c(c(O)cc(CN5CCC(CCC)CC5)c4N(C)C)C(O)=C3C(=O)[C@]12P. The first-order chi connectivity index (χ1) is 20.2. The number of anilines is 1. The number of amides is 1. The van der Waals surface area contributed by atoms with Gasteiger partial charge in [0.25, 0.3) is 0 Å². The third-order valence-corrected chi connectivity index (χ3v) is 11.2. The Labute approximate surface area is 258 Å². The molecule has 1 aromatic rings. The van der Waals surface area contributed by atoms with Gasteiger partial charge in [0.2, 0.25) is 0 Å². The van der Waals surface area contributed by atoms with E-state index in [4.69, 9.17) is 13.2 Å². The van der Waals surface area contributed by atoms with Crippen molar-refractivity contribution in [3.05, 3.63) is 39.7 Å². The van der Waals surface area contributed by atoms with Crippen LogP contribution in [0, 0.1) is 17.8 Å². The molecule has 1 unspecified atom stereocenters. The fourth-order valence-electron chi connectivity index (χ4n) is 8.30. The number of phenols is 1. The van der Waals surface area contributed by atoms with Crippen molar-refractivity contribution in [2.45, 2.75) is 63.2 Å². The van der Waals surface area contributed by atoms with Crippen LogP contribution < -0.4 is 10.6 Å². The molecule has 0 bridgehead atoms. The summed E-state index contributed by atoms with van der Waals surface area (Å²) >= 11 is 0. The molecular formula is C32H45BN4O5P. The summed E-state index contributed by atoms with van der Waals surface area (Å²) in [6.45, 7) is 4.94. The van der Waals surface area contributed by atoms with Crippen LogP contribution in [0.15, 0.2) is 23.0 Å². The molecule has 3 aliphatic carbocycles. The monoisotopic (exact) mass is 607 g/mol. The minimum absolute atomic E-state index is 0.0604. The Kier molecular flexibility index (Phi) is 8.62. The summed E-state index contributed by atoms with van der Waals surface area (Å²) in [6, 6.07) is 1.04. The van der Waals surface area contributed by atoms with Crippen LogP contribution in [0.5, 0.6) is 5.75 Å². The number of aromatic hydroxyl groups is 1. The predicted molar refractivity (Wildman–Crippen MR) is 175 cm³/mol. The van der Waals surface area contributed by atoms with Crippen molar-refractivity contribution in [1.82, 2.24) is 9.80 Å². The Morgan fingerprint density at radius 3 is 2.40 bits per heavy atom. The van der Waals surface area contributed by atoms with Crippen molar-refractivity contribution in [3.63, 3.8) is 0 Å². The van der Waals surface area contributed by atoms with Gasteiger partial charge < -0.3 is 0 Å². The number of rotatable bonds is 7. The standard InChI is InChI=1S/C32H45BN4O5P/c1-6-7-16-8-10-37(11-9-16)15-18-14-21(38)23-19(25(18)35(2)3)12-17-13-20-26(36(4)5)28(40)24(31(34)42)29(33)32(20,43)30(41)22(17)27(23)39/h14,16-17,20,26,38-40H,6-13,15,43H2,1-5H3,(H2,34,42)/t17-,20-,26-,32+/m0/s1. The summed E-state index contributed by atoms with van der Waals surface area (Å²) in [5, 5.41) is 32.8. The summed E-state index contributed by atoms with van der Waals surface area (Å²) in [6.07, 6.45) is 5.65. The molecule has 4 aliphatic rings. The molecule has 5 atom stereocenters. The minimum atomic E-state index is -1.47. The number of carbonyl (C=O) groups is 2. The Morgan fingerprint density at radius 1 is 1.19 bits per heavy atom. The zero-order valence-corrected chi connectivity index (χ0v) is 27.1.